The highest BCUT2D eigenvalue weighted by Crippen LogP contribution is 2.37. The second kappa shape index (κ2) is 10.2. The lowest BCUT2D eigenvalue weighted by atomic mass is 10.00. The van der Waals surface area contributed by atoms with E-state index in [0.29, 0.717) is 17.5 Å². The summed E-state index contributed by atoms with van der Waals surface area (Å²) >= 11 is 0. The zero-order valence-corrected chi connectivity index (χ0v) is 24.1. The summed E-state index contributed by atoms with van der Waals surface area (Å²) in [6.45, 7) is 0. The molecule has 0 radical (unpaired) electrons. The number of fused-ring (bicyclic) bond motifs is 5. The normalized spacial score (nSPS) is 11.6. The number of furan rings is 1. The topological polar surface area (TPSA) is 64.7 Å². The summed E-state index contributed by atoms with van der Waals surface area (Å²) in [4.78, 5) is 20.1. The molecule has 0 saturated heterocycles. The van der Waals surface area contributed by atoms with E-state index in [1.807, 2.05) is 84.9 Å². The lowest BCUT2D eigenvalue weighted by molar-refractivity contribution is 0.669. The number of para-hydroxylation sites is 1. The maximum Gasteiger partial charge on any atom is 0.164 e. The van der Waals surface area contributed by atoms with E-state index in [4.69, 9.17) is 24.4 Å². The van der Waals surface area contributed by atoms with Crippen molar-refractivity contribution >= 4 is 43.7 Å². The number of benzene rings is 6. The van der Waals surface area contributed by atoms with Gasteiger partial charge in [-0.2, -0.15) is 0 Å². The van der Waals surface area contributed by atoms with E-state index < -0.39 is 0 Å². The van der Waals surface area contributed by atoms with Crippen LogP contribution in [0.1, 0.15) is 0 Å². The number of pyridine rings is 1. The lowest BCUT2D eigenvalue weighted by Crippen LogP contribution is -2.00. The molecule has 9 aromatic rings. The summed E-state index contributed by atoms with van der Waals surface area (Å²) in [5.41, 5.74) is 8.26. The van der Waals surface area contributed by atoms with Gasteiger partial charge in [-0.1, -0.05) is 115 Å². The van der Waals surface area contributed by atoms with E-state index >= 15 is 0 Å². The largest absolute Gasteiger partial charge is 0.454 e. The van der Waals surface area contributed by atoms with Crippen molar-refractivity contribution in [2.24, 2.45) is 0 Å². The number of aromatic nitrogens is 4. The minimum atomic E-state index is 0.571. The average Bonchev–Trinajstić information content (AvgIpc) is 3.48. The van der Waals surface area contributed by atoms with Crippen LogP contribution in [-0.4, -0.2) is 19.9 Å². The molecule has 0 fully saturated rings. The summed E-state index contributed by atoms with van der Waals surface area (Å²) < 4.78 is 6.31. The first-order valence-electron chi connectivity index (χ1n) is 14.9. The van der Waals surface area contributed by atoms with Crippen molar-refractivity contribution in [3.05, 3.63) is 146 Å². The van der Waals surface area contributed by atoms with Gasteiger partial charge in [-0.05, 0) is 52.2 Å². The van der Waals surface area contributed by atoms with Crippen molar-refractivity contribution < 1.29 is 4.42 Å². The third kappa shape index (κ3) is 4.41. The van der Waals surface area contributed by atoms with Crippen LogP contribution in [0.2, 0.25) is 0 Å². The predicted molar refractivity (Wildman–Crippen MR) is 182 cm³/mol. The molecule has 45 heavy (non-hydrogen) atoms. The Bertz CT molecular complexity index is 2540. The summed E-state index contributed by atoms with van der Waals surface area (Å²) in [6.07, 6.45) is 0. The van der Waals surface area contributed by atoms with Crippen LogP contribution in [0.25, 0.3) is 89.0 Å². The van der Waals surface area contributed by atoms with Gasteiger partial charge < -0.3 is 4.42 Å². The first kappa shape index (κ1) is 25.3. The minimum absolute atomic E-state index is 0.571. The van der Waals surface area contributed by atoms with Crippen LogP contribution in [0.4, 0.5) is 0 Å². The summed E-state index contributed by atoms with van der Waals surface area (Å²) in [6, 6.07) is 49.5. The molecule has 9 rings (SSSR count). The highest BCUT2D eigenvalue weighted by molar-refractivity contribution is 6.12. The van der Waals surface area contributed by atoms with Crippen LogP contribution < -0.4 is 0 Å². The number of rotatable bonds is 4. The van der Waals surface area contributed by atoms with Gasteiger partial charge in [0.05, 0.1) is 10.9 Å². The fourth-order valence-electron chi connectivity index (χ4n) is 6.06. The molecule has 3 aromatic heterocycles. The Morgan fingerprint density at radius 1 is 0.378 bits per heavy atom. The fraction of sp³-hybridized carbons (Fsp3) is 0. The Kier molecular flexibility index (Phi) is 5.74. The maximum atomic E-state index is 6.31. The molecule has 0 aliphatic rings. The Morgan fingerprint density at radius 3 is 1.82 bits per heavy atom. The molecule has 5 heteroatoms. The van der Waals surface area contributed by atoms with Gasteiger partial charge in [0.15, 0.2) is 23.1 Å². The van der Waals surface area contributed by atoms with Crippen molar-refractivity contribution in [1.29, 1.82) is 0 Å². The van der Waals surface area contributed by atoms with Crippen LogP contribution in [0.15, 0.2) is 150 Å². The number of hydrogen-bond acceptors (Lipinski definition) is 5. The predicted octanol–water partition coefficient (Wildman–Crippen LogP) is 10.1. The van der Waals surface area contributed by atoms with Gasteiger partial charge >= 0.3 is 0 Å². The molecule has 0 aliphatic carbocycles. The third-order valence-corrected chi connectivity index (χ3v) is 8.29. The smallest absolute Gasteiger partial charge is 0.164 e. The number of nitrogens with zero attached hydrogens (tertiary/aromatic N) is 4. The van der Waals surface area contributed by atoms with Crippen molar-refractivity contribution in [1.82, 2.24) is 19.9 Å². The molecule has 3 heterocycles. The van der Waals surface area contributed by atoms with Crippen LogP contribution in [-0.2, 0) is 0 Å². The van der Waals surface area contributed by atoms with Gasteiger partial charge in [-0.15, -0.1) is 0 Å². The van der Waals surface area contributed by atoms with Gasteiger partial charge in [0.1, 0.15) is 11.1 Å². The van der Waals surface area contributed by atoms with Crippen molar-refractivity contribution in [2.75, 3.05) is 0 Å². The lowest BCUT2D eigenvalue weighted by Gasteiger charge is -2.10. The fourth-order valence-corrected chi connectivity index (χ4v) is 6.06. The zero-order valence-electron chi connectivity index (χ0n) is 24.1. The molecular weight excluding hydrogens is 552 g/mol. The van der Waals surface area contributed by atoms with Crippen LogP contribution >= 0.6 is 0 Å². The quantitative estimate of drug-likeness (QED) is 0.209. The summed E-state index contributed by atoms with van der Waals surface area (Å²) in [5.74, 6) is 1.79. The van der Waals surface area contributed by atoms with E-state index in [0.717, 1.165) is 60.4 Å². The molecular formula is C40H24N4O. The second-order valence-electron chi connectivity index (χ2n) is 11.1. The van der Waals surface area contributed by atoms with Crippen LogP contribution in [0.3, 0.4) is 0 Å². The van der Waals surface area contributed by atoms with E-state index in [1.54, 1.807) is 0 Å². The molecule has 5 nitrogen and oxygen atoms in total. The maximum absolute atomic E-state index is 6.31. The summed E-state index contributed by atoms with van der Waals surface area (Å²) in [7, 11) is 0. The first-order valence-corrected chi connectivity index (χ1v) is 14.9. The van der Waals surface area contributed by atoms with Gasteiger partial charge in [0.2, 0.25) is 0 Å². The zero-order chi connectivity index (χ0) is 29.7. The van der Waals surface area contributed by atoms with Crippen LogP contribution in [0, 0.1) is 0 Å². The molecule has 0 spiro atoms. The second-order valence-corrected chi connectivity index (χ2v) is 11.1. The molecule has 0 atom stereocenters. The minimum Gasteiger partial charge on any atom is -0.454 e. The first-order chi connectivity index (χ1) is 22.3. The summed E-state index contributed by atoms with van der Waals surface area (Å²) in [5, 5.41) is 4.20. The van der Waals surface area contributed by atoms with Gasteiger partial charge in [-0.3, -0.25) is 0 Å². The van der Waals surface area contributed by atoms with Crippen molar-refractivity contribution in [3.8, 4) is 45.3 Å². The van der Waals surface area contributed by atoms with Crippen LogP contribution in [0.5, 0.6) is 0 Å². The van der Waals surface area contributed by atoms with Gasteiger partial charge in [0.25, 0.3) is 0 Å². The number of hydrogen-bond donors (Lipinski definition) is 0. The molecule has 0 bridgehead atoms. The Balaban J connectivity index is 1.24. The Hall–Kier alpha value is -6.20. The third-order valence-electron chi connectivity index (χ3n) is 8.29. The van der Waals surface area contributed by atoms with Crippen molar-refractivity contribution in [2.45, 2.75) is 0 Å². The Morgan fingerprint density at radius 2 is 1.02 bits per heavy atom. The van der Waals surface area contributed by atoms with E-state index in [-0.39, 0.29) is 0 Å². The molecule has 0 unspecified atom stereocenters. The molecule has 210 valence electrons. The van der Waals surface area contributed by atoms with Gasteiger partial charge in [0, 0.05) is 22.1 Å². The highest BCUT2D eigenvalue weighted by Gasteiger charge is 2.19. The molecule has 0 N–H and O–H groups in total. The molecule has 0 amide bonds. The van der Waals surface area contributed by atoms with E-state index in [2.05, 4.69) is 60.7 Å². The highest BCUT2D eigenvalue weighted by atomic mass is 16.3. The molecule has 6 aromatic carbocycles. The van der Waals surface area contributed by atoms with Gasteiger partial charge in [-0.25, -0.2) is 19.9 Å². The van der Waals surface area contributed by atoms with E-state index in [1.165, 1.54) is 11.1 Å². The average molecular weight is 577 g/mol. The van der Waals surface area contributed by atoms with Crippen molar-refractivity contribution in [3.63, 3.8) is 0 Å². The van der Waals surface area contributed by atoms with E-state index in [9.17, 15) is 0 Å². The standard InChI is InChI=1S/C40H24N4O/c1-3-10-25(11-4-1)27-18-19-29-23-31(21-20-28(29)22-27)39-42-38(26-12-5-2-6-13-26)43-40(44-39)32-15-9-17-34-36(32)37-35(45-34)24-30-14-7-8-16-33(30)41-37/h1-24H. The monoisotopic (exact) mass is 576 g/mol. The molecule has 0 saturated carbocycles. The SMILES string of the molecule is c1ccc(-c2ccc3cc(-c4nc(-c5ccccc5)nc(-c5cccc6oc7cc8ccccc8nc7c56)n4)ccc3c2)cc1. The molecule has 0 aliphatic heterocycles. The Labute approximate surface area is 258 Å².